The van der Waals surface area contributed by atoms with Crippen molar-refractivity contribution in [2.45, 2.75) is 38.1 Å². The van der Waals surface area contributed by atoms with Crippen molar-refractivity contribution in [1.29, 1.82) is 0 Å². The minimum Gasteiger partial charge on any atom is -0.342 e. The van der Waals surface area contributed by atoms with Crippen LogP contribution in [0.25, 0.3) is 0 Å². The summed E-state index contributed by atoms with van der Waals surface area (Å²) in [6, 6.07) is 0. The average molecular weight is 344 g/mol. The first-order valence-corrected chi connectivity index (χ1v) is 8.93. The van der Waals surface area contributed by atoms with E-state index >= 15 is 0 Å². The second kappa shape index (κ2) is 6.16. The number of fused-ring (bicyclic) bond motifs is 1. The molecule has 0 radical (unpaired) electrons. The van der Waals surface area contributed by atoms with Crippen molar-refractivity contribution in [2.24, 2.45) is 20.0 Å². The molecule has 0 bridgehead atoms. The van der Waals surface area contributed by atoms with Gasteiger partial charge in [-0.25, -0.2) is 14.5 Å². The molecule has 0 spiro atoms. The van der Waals surface area contributed by atoms with Gasteiger partial charge >= 0.3 is 5.69 Å². The zero-order valence-electron chi connectivity index (χ0n) is 14.8. The number of aromatic nitrogens is 5. The lowest BCUT2D eigenvalue weighted by Crippen LogP contribution is -2.44. The molecular weight excluding hydrogens is 320 g/mol. The van der Waals surface area contributed by atoms with E-state index < -0.39 is 0 Å². The van der Waals surface area contributed by atoms with E-state index in [0.717, 1.165) is 44.0 Å². The SMILES string of the molecule is Cn1ccnc1C1CCN(C(=O)[C@@H]2CCc3nn(C)c(=O)n3C2)CC1. The maximum atomic E-state index is 12.9. The Morgan fingerprint density at radius 3 is 2.64 bits per heavy atom. The van der Waals surface area contributed by atoms with Gasteiger partial charge in [0.25, 0.3) is 0 Å². The van der Waals surface area contributed by atoms with E-state index in [4.69, 9.17) is 0 Å². The lowest BCUT2D eigenvalue weighted by Gasteiger charge is -2.35. The van der Waals surface area contributed by atoms with Gasteiger partial charge in [-0.2, -0.15) is 5.10 Å². The van der Waals surface area contributed by atoms with Gasteiger partial charge in [0, 0.05) is 58.5 Å². The fraction of sp³-hybridized carbons (Fsp3) is 0.647. The molecule has 1 saturated heterocycles. The van der Waals surface area contributed by atoms with E-state index in [1.165, 1.54) is 4.68 Å². The fourth-order valence-corrected chi connectivity index (χ4v) is 4.13. The number of imidazole rings is 1. The highest BCUT2D eigenvalue weighted by Crippen LogP contribution is 2.28. The number of rotatable bonds is 2. The van der Waals surface area contributed by atoms with Gasteiger partial charge in [-0.05, 0) is 19.3 Å². The Kier molecular flexibility index (Phi) is 3.97. The number of aryl methyl sites for hydroxylation is 3. The second-order valence-electron chi connectivity index (χ2n) is 7.16. The lowest BCUT2D eigenvalue weighted by molar-refractivity contribution is -0.137. The topological polar surface area (TPSA) is 78.0 Å². The number of carbonyl (C=O) groups excluding carboxylic acids is 1. The molecule has 0 saturated carbocycles. The Hall–Kier alpha value is -2.38. The molecule has 0 N–H and O–H groups in total. The largest absolute Gasteiger partial charge is 0.345 e. The predicted octanol–water partition coefficient (Wildman–Crippen LogP) is 0.284. The third kappa shape index (κ3) is 2.79. The minimum absolute atomic E-state index is 0.112. The standard InChI is InChI=1S/C17H24N6O2/c1-20-10-7-18-15(20)12-5-8-22(9-6-12)16(24)13-3-4-14-19-21(2)17(25)23(14)11-13/h7,10,12-13H,3-6,8-9,11H2,1-2H3/t13-/m1/s1. The second-order valence-corrected chi connectivity index (χ2v) is 7.16. The summed E-state index contributed by atoms with van der Waals surface area (Å²) >= 11 is 0. The van der Waals surface area contributed by atoms with Crippen LogP contribution in [-0.2, 0) is 31.9 Å². The molecular formula is C17H24N6O2. The number of hydrogen-bond acceptors (Lipinski definition) is 4. The molecule has 0 unspecified atom stereocenters. The van der Waals surface area contributed by atoms with E-state index in [2.05, 4.69) is 14.6 Å². The van der Waals surface area contributed by atoms with Crippen molar-refractivity contribution in [3.05, 3.63) is 34.5 Å². The maximum absolute atomic E-state index is 12.9. The molecule has 1 fully saturated rings. The van der Waals surface area contributed by atoms with Gasteiger partial charge in [0.1, 0.15) is 11.6 Å². The summed E-state index contributed by atoms with van der Waals surface area (Å²) in [5.41, 5.74) is -0.124. The number of amides is 1. The molecule has 4 heterocycles. The number of hydrogen-bond donors (Lipinski definition) is 0. The summed E-state index contributed by atoms with van der Waals surface area (Å²) in [6.45, 7) is 1.99. The summed E-state index contributed by atoms with van der Waals surface area (Å²) in [6.07, 6.45) is 7.16. The fourth-order valence-electron chi connectivity index (χ4n) is 4.13. The molecule has 8 heteroatoms. The van der Waals surface area contributed by atoms with Crippen molar-refractivity contribution in [2.75, 3.05) is 13.1 Å². The zero-order chi connectivity index (χ0) is 17.6. The quantitative estimate of drug-likeness (QED) is 0.784. The van der Waals surface area contributed by atoms with Gasteiger partial charge < -0.3 is 9.47 Å². The van der Waals surface area contributed by atoms with Crippen LogP contribution in [0.15, 0.2) is 17.2 Å². The first-order valence-electron chi connectivity index (χ1n) is 8.93. The van der Waals surface area contributed by atoms with Crippen LogP contribution in [0.3, 0.4) is 0 Å². The normalized spacial score (nSPS) is 21.4. The van der Waals surface area contributed by atoms with Crippen molar-refractivity contribution in [3.63, 3.8) is 0 Å². The van der Waals surface area contributed by atoms with Gasteiger partial charge in [-0.3, -0.25) is 9.36 Å². The van der Waals surface area contributed by atoms with Gasteiger partial charge in [-0.15, -0.1) is 0 Å². The Balaban J connectivity index is 1.40. The van der Waals surface area contributed by atoms with Gasteiger partial charge in [0.15, 0.2) is 0 Å². The predicted molar refractivity (Wildman–Crippen MR) is 91.0 cm³/mol. The summed E-state index contributed by atoms with van der Waals surface area (Å²) in [7, 11) is 3.68. The molecule has 1 atom stereocenters. The van der Waals surface area contributed by atoms with E-state index in [0.29, 0.717) is 18.9 Å². The van der Waals surface area contributed by atoms with E-state index in [1.807, 2.05) is 24.3 Å². The molecule has 8 nitrogen and oxygen atoms in total. The van der Waals surface area contributed by atoms with Crippen LogP contribution in [0.1, 0.15) is 36.8 Å². The highest BCUT2D eigenvalue weighted by molar-refractivity contribution is 5.79. The molecule has 2 aliphatic rings. The number of nitrogens with zero attached hydrogens (tertiary/aromatic N) is 6. The first kappa shape index (κ1) is 16.1. The van der Waals surface area contributed by atoms with Crippen LogP contribution in [0, 0.1) is 5.92 Å². The summed E-state index contributed by atoms with van der Waals surface area (Å²) in [5.74, 6) is 2.39. The van der Waals surface area contributed by atoms with Crippen molar-refractivity contribution < 1.29 is 4.79 Å². The summed E-state index contributed by atoms with van der Waals surface area (Å²) < 4.78 is 5.09. The van der Waals surface area contributed by atoms with Crippen molar-refractivity contribution in [1.82, 2.24) is 28.8 Å². The molecule has 1 amide bonds. The smallest absolute Gasteiger partial charge is 0.342 e. The van der Waals surface area contributed by atoms with Crippen LogP contribution in [0.2, 0.25) is 0 Å². The van der Waals surface area contributed by atoms with Crippen LogP contribution in [-0.4, -0.2) is 47.8 Å². The number of piperidine rings is 1. The van der Waals surface area contributed by atoms with Crippen molar-refractivity contribution in [3.8, 4) is 0 Å². The van der Waals surface area contributed by atoms with E-state index in [-0.39, 0.29) is 17.5 Å². The Labute approximate surface area is 146 Å². The van der Waals surface area contributed by atoms with Crippen LogP contribution in [0.4, 0.5) is 0 Å². The van der Waals surface area contributed by atoms with Crippen LogP contribution >= 0.6 is 0 Å². The Morgan fingerprint density at radius 2 is 1.96 bits per heavy atom. The third-order valence-corrected chi connectivity index (χ3v) is 5.58. The highest BCUT2D eigenvalue weighted by Gasteiger charge is 2.33. The van der Waals surface area contributed by atoms with E-state index in [1.54, 1.807) is 11.6 Å². The number of likely N-dealkylation sites (tertiary alicyclic amines) is 1. The van der Waals surface area contributed by atoms with Crippen LogP contribution in [0.5, 0.6) is 0 Å². The van der Waals surface area contributed by atoms with Crippen molar-refractivity contribution >= 4 is 5.91 Å². The van der Waals surface area contributed by atoms with Crippen LogP contribution < -0.4 is 5.69 Å². The molecule has 0 aliphatic carbocycles. The number of carbonyl (C=O) groups is 1. The molecule has 134 valence electrons. The van der Waals surface area contributed by atoms with Gasteiger partial charge in [-0.1, -0.05) is 0 Å². The monoisotopic (exact) mass is 344 g/mol. The molecule has 2 aromatic rings. The average Bonchev–Trinajstić information content (AvgIpc) is 3.18. The van der Waals surface area contributed by atoms with E-state index in [9.17, 15) is 9.59 Å². The molecule has 25 heavy (non-hydrogen) atoms. The van der Waals surface area contributed by atoms with Gasteiger partial charge in [0.05, 0.1) is 5.92 Å². The molecule has 0 aromatic carbocycles. The zero-order valence-corrected chi connectivity index (χ0v) is 14.8. The maximum Gasteiger partial charge on any atom is 0.345 e. The highest BCUT2D eigenvalue weighted by atomic mass is 16.2. The summed E-state index contributed by atoms with van der Waals surface area (Å²) in [5, 5.41) is 4.24. The Morgan fingerprint density at radius 1 is 1.20 bits per heavy atom. The molecule has 2 aromatic heterocycles. The Bertz CT molecular complexity index is 840. The minimum atomic E-state index is -0.124. The molecule has 2 aliphatic heterocycles. The first-order chi connectivity index (χ1) is 12.0. The molecule has 4 rings (SSSR count). The lowest BCUT2D eigenvalue weighted by atomic mass is 9.93. The third-order valence-electron chi connectivity index (χ3n) is 5.58. The van der Waals surface area contributed by atoms with Gasteiger partial charge in [0.2, 0.25) is 5.91 Å². The summed E-state index contributed by atoms with van der Waals surface area (Å²) in [4.78, 5) is 31.4.